The fourth-order valence-electron chi connectivity index (χ4n) is 1.70. The number of aromatic nitrogens is 1. The quantitative estimate of drug-likeness (QED) is 0.875. The van der Waals surface area contributed by atoms with Crippen LogP contribution in [0, 0.1) is 18.6 Å². The number of anilines is 2. The second-order valence-corrected chi connectivity index (χ2v) is 4.33. The number of esters is 1. The summed E-state index contributed by atoms with van der Waals surface area (Å²) in [4.78, 5) is 15.4. The number of rotatable bonds is 4. The summed E-state index contributed by atoms with van der Waals surface area (Å²) in [5.41, 5.74) is 0.320. The Morgan fingerprint density at radius 2 is 2.05 bits per heavy atom. The largest absolute Gasteiger partial charge is 0.462 e. The number of nitrogens with one attached hydrogen (secondary N) is 1. The predicted octanol–water partition coefficient (Wildman–Crippen LogP) is 3.59. The summed E-state index contributed by atoms with van der Waals surface area (Å²) in [6.45, 7) is 3.50. The lowest BCUT2D eigenvalue weighted by molar-refractivity contribution is 0.0526. The van der Waals surface area contributed by atoms with Crippen LogP contribution in [0.4, 0.5) is 20.3 Å². The summed E-state index contributed by atoms with van der Waals surface area (Å²) in [6, 6.07) is 5.45. The highest BCUT2D eigenvalue weighted by Crippen LogP contribution is 2.24. The van der Waals surface area contributed by atoms with Crippen molar-refractivity contribution in [1.29, 1.82) is 0 Å². The van der Waals surface area contributed by atoms with Crippen molar-refractivity contribution in [2.75, 3.05) is 11.9 Å². The second-order valence-electron chi connectivity index (χ2n) is 4.33. The maximum atomic E-state index is 13.9. The van der Waals surface area contributed by atoms with Gasteiger partial charge in [0.1, 0.15) is 17.3 Å². The van der Waals surface area contributed by atoms with Crippen molar-refractivity contribution >= 4 is 17.5 Å². The molecule has 0 aliphatic carbocycles. The van der Waals surface area contributed by atoms with Gasteiger partial charge in [-0.1, -0.05) is 6.07 Å². The summed E-state index contributed by atoms with van der Waals surface area (Å²) >= 11 is 0. The molecule has 0 spiro atoms. The zero-order chi connectivity index (χ0) is 15.4. The molecule has 21 heavy (non-hydrogen) atoms. The van der Waals surface area contributed by atoms with Crippen LogP contribution in [-0.4, -0.2) is 17.6 Å². The van der Waals surface area contributed by atoms with Crippen molar-refractivity contribution in [3.63, 3.8) is 0 Å². The van der Waals surface area contributed by atoms with E-state index in [4.69, 9.17) is 4.74 Å². The van der Waals surface area contributed by atoms with Crippen LogP contribution in [-0.2, 0) is 4.74 Å². The Labute approximate surface area is 120 Å². The van der Waals surface area contributed by atoms with Crippen LogP contribution < -0.4 is 5.32 Å². The summed E-state index contributed by atoms with van der Waals surface area (Å²) in [6.07, 6.45) is 1.28. The fourth-order valence-corrected chi connectivity index (χ4v) is 1.70. The van der Waals surface area contributed by atoms with Gasteiger partial charge in [0.05, 0.1) is 12.2 Å². The molecule has 1 N–H and O–H groups in total. The predicted molar refractivity (Wildman–Crippen MR) is 74.6 cm³/mol. The molecule has 2 aromatic rings. The van der Waals surface area contributed by atoms with Crippen molar-refractivity contribution in [3.8, 4) is 0 Å². The van der Waals surface area contributed by atoms with Crippen LogP contribution in [0.5, 0.6) is 0 Å². The topological polar surface area (TPSA) is 51.2 Å². The van der Waals surface area contributed by atoms with Crippen molar-refractivity contribution in [3.05, 3.63) is 53.2 Å². The van der Waals surface area contributed by atoms with E-state index in [1.54, 1.807) is 6.92 Å². The number of nitrogens with zero attached hydrogens (tertiary/aromatic N) is 1. The average molecular weight is 292 g/mol. The van der Waals surface area contributed by atoms with E-state index in [-0.39, 0.29) is 23.7 Å². The van der Waals surface area contributed by atoms with E-state index >= 15 is 0 Å². The number of carbonyl (C=O) groups excluding carboxylic acids is 1. The molecular formula is C15H14F2N2O2. The number of benzene rings is 1. The third kappa shape index (κ3) is 3.34. The van der Waals surface area contributed by atoms with E-state index in [1.165, 1.54) is 37.4 Å². The van der Waals surface area contributed by atoms with E-state index in [2.05, 4.69) is 10.3 Å². The first-order valence-corrected chi connectivity index (χ1v) is 6.37. The molecule has 0 radical (unpaired) electrons. The first kappa shape index (κ1) is 14.9. The molecule has 0 bridgehead atoms. The van der Waals surface area contributed by atoms with Crippen LogP contribution in [0.3, 0.4) is 0 Å². The Morgan fingerprint density at radius 3 is 2.67 bits per heavy atom. The molecule has 0 aliphatic rings. The van der Waals surface area contributed by atoms with Gasteiger partial charge < -0.3 is 10.1 Å². The van der Waals surface area contributed by atoms with E-state index < -0.39 is 17.6 Å². The molecule has 0 atom stereocenters. The highest BCUT2D eigenvalue weighted by Gasteiger charge is 2.13. The van der Waals surface area contributed by atoms with E-state index in [0.29, 0.717) is 5.56 Å². The molecule has 110 valence electrons. The van der Waals surface area contributed by atoms with Crippen LogP contribution >= 0.6 is 0 Å². The van der Waals surface area contributed by atoms with Crippen molar-refractivity contribution in [1.82, 2.24) is 4.98 Å². The number of hydrogen-bond acceptors (Lipinski definition) is 4. The van der Waals surface area contributed by atoms with Gasteiger partial charge in [-0.15, -0.1) is 0 Å². The monoisotopic (exact) mass is 292 g/mol. The molecule has 1 aromatic carbocycles. The van der Waals surface area contributed by atoms with Crippen LogP contribution in [0.2, 0.25) is 0 Å². The molecule has 0 saturated heterocycles. The first-order valence-electron chi connectivity index (χ1n) is 6.37. The SMILES string of the molecule is CCOC(=O)c1ccc(Nc2c(F)ccc(C)c2F)nc1. The van der Waals surface area contributed by atoms with E-state index in [0.717, 1.165) is 0 Å². The molecule has 1 aromatic heterocycles. The summed E-state index contributed by atoms with van der Waals surface area (Å²) < 4.78 is 32.3. The van der Waals surface area contributed by atoms with Gasteiger partial charge >= 0.3 is 5.97 Å². The Kier molecular flexibility index (Phi) is 4.47. The third-order valence-corrected chi connectivity index (χ3v) is 2.81. The summed E-state index contributed by atoms with van der Waals surface area (Å²) in [5, 5.41) is 2.57. The first-order chi connectivity index (χ1) is 10.0. The zero-order valence-corrected chi connectivity index (χ0v) is 11.6. The number of hydrogen-bond donors (Lipinski definition) is 1. The lowest BCUT2D eigenvalue weighted by atomic mass is 10.2. The smallest absolute Gasteiger partial charge is 0.339 e. The number of carbonyl (C=O) groups is 1. The Morgan fingerprint density at radius 1 is 1.29 bits per heavy atom. The van der Waals surface area contributed by atoms with Gasteiger partial charge in [0.15, 0.2) is 5.82 Å². The standard InChI is InChI=1S/C15H14F2N2O2/c1-3-21-15(20)10-5-7-12(18-8-10)19-14-11(16)6-4-9(2)13(14)17/h4-8H,3H2,1-2H3,(H,18,19). The van der Waals surface area contributed by atoms with Gasteiger partial charge in [0.2, 0.25) is 0 Å². The van der Waals surface area contributed by atoms with Gasteiger partial charge in [0.25, 0.3) is 0 Å². The molecule has 0 saturated carbocycles. The molecule has 0 aliphatic heterocycles. The number of ether oxygens (including phenoxy) is 1. The van der Waals surface area contributed by atoms with Gasteiger partial charge in [-0.2, -0.15) is 0 Å². The van der Waals surface area contributed by atoms with Crippen molar-refractivity contribution in [2.45, 2.75) is 13.8 Å². The Hall–Kier alpha value is -2.50. The van der Waals surface area contributed by atoms with Crippen LogP contribution in [0.25, 0.3) is 0 Å². The van der Waals surface area contributed by atoms with Gasteiger partial charge in [-0.3, -0.25) is 0 Å². The minimum atomic E-state index is -0.714. The summed E-state index contributed by atoms with van der Waals surface area (Å²) in [7, 11) is 0. The molecule has 2 rings (SSSR count). The number of pyridine rings is 1. The minimum Gasteiger partial charge on any atom is -0.462 e. The molecule has 6 heteroatoms. The van der Waals surface area contributed by atoms with Gasteiger partial charge in [0, 0.05) is 6.20 Å². The van der Waals surface area contributed by atoms with Crippen LogP contribution in [0.15, 0.2) is 30.5 Å². The number of halogens is 2. The number of aryl methyl sites for hydroxylation is 1. The zero-order valence-electron chi connectivity index (χ0n) is 11.6. The van der Waals surface area contributed by atoms with Gasteiger partial charge in [-0.25, -0.2) is 18.6 Å². The highest BCUT2D eigenvalue weighted by molar-refractivity contribution is 5.89. The summed E-state index contributed by atoms with van der Waals surface area (Å²) in [5.74, 6) is -1.66. The average Bonchev–Trinajstić information content (AvgIpc) is 2.48. The highest BCUT2D eigenvalue weighted by atomic mass is 19.1. The molecule has 1 heterocycles. The molecule has 4 nitrogen and oxygen atoms in total. The van der Waals surface area contributed by atoms with Crippen LogP contribution in [0.1, 0.15) is 22.8 Å². The molecule has 0 fully saturated rings. The Bertz CT molecular complexity index is 657. The second kappa shape index (κ2) is 6.30. The third-order valence-electron chi connectivity index (χ3n) is 2.81. The Balaban J connectivity index is 2.22. The molecule has 0 unspecified atom stereocenters. The van der Waals surface area contributed by atoms with E-state index in [1.807, 2.05) is 0 Å². The maximum absolute atomic E-state index is 13.9. The van der Waals surface area contributed by atoms with Gasteiger partial charge in [-0.05, 0) is 37.6 Å². The lowest BCUT2D eigenvalue weighted by Gasteiger charge is -2.10. The normalized spacial score (nSPS) is 10.3. The molecular weight excluding hydrogens is 278 g/mol. The fraction of sp³-hybridized carbons (Fsp3) is 0.200. The van der Waals surface area contributed by atoms with Crippen molar-refractivity contribution in [2.24, 2.45) is 0 Å². The molecule has 0 amide bonds. The maximum Gasteiger partial charge on any atom is 0.339 e. The lowest BCUT2D eigenvalue weighted by Crippen LogP contribution is -2.06. The van der Waals surface area contributed by atoms with E-state index in [9.17, 15) is 13.6 Å². The van der Waals surface area contributed by atoms with Crippen molar-refractivity contribution < 1.29 is 18.3 Å². The minimum absolute atomic E-state index is 0.228.